The van der Waals surface area contributed by atoms with E-state index < -0.39 is 17.5 Å². The summed E-state index contributed by atoms with van der Waals surface area (Å²) >= 11 is 0. The molecule has 2 aromatic carbocycles. The smallest absolute Gasteiger partial charge is 0.258 e. The number of aryl methyl sites for hydroxylation is 1. The van der Waals surface area contributed by atoms with Gasteiger partial charge in [0.25, 0.3) is 5.91 Å². The van der Waals surface area contributed by atoms with Crippen LogP contribution in [0, 0.1) is 11.6 Å². The third-order valence-electron chi connectivity index (χ3n) is 3.48. The second-order valence-electron chi connectivity index (χ2n) is 4.98. The summed E-state index contributed by atoms with van der Waals surface area (Å²) in [6, 6.07) is 8.43. The van der Waals surface area contributed by atoms with Crippen LogP contribution in [0.3, 0.4) is 0 Å². The lowest BCUT2D eigenvalue weighted by molar-refractivity contribution is 0.102. The summed E-state index contributed by atoms with van der Waals surface area (Å²) in [7, 11) is 0. The minimum atomic E-state index is -0.868. The number of hydrogen-bond donors (Lipinski definition) is 2. The summed E-state index contributed by atoms with van der Waals surface area (Å²) in [5.41, 5.74) is 2.62. The molecule has 1 heterocycles. The van der Waals surface area contributed by atoms with Gasteiger partial charge in [0.05, 0.1) is 5.56 Å². The second kappa shape index (κ2) is 5.52. The van der Waals surface area contributed by atoms with Gasteiger partial charge in [-0.3, -0.25) is 4.79 Å². The van der Waals surface area contributed by atoms with Crippen LogP contribution in [-0.2, 0) is 6.42 Å². The number of carbonyl (C=O) groups excluding carboxylic acids is 1. The topological polar surface area (TPSA) is 41.1 Å². The molecular weight excluding hydrogens is 274 g/mol. The van der Waals surface area contributed by atoms with Crippen LogP contribution in [0.4, 0.5) is 20.2 Å². The van der Waals surface area contributed by atoms with Crippen molar-refractivity contribution in [2.75, 3.05) is 17.2 Å². The van der Waals surface area contributed by atoms with Crippen LogP contribution in [0.5, 0.6) is 0 Å². The number of benzene rings is 2. The molecule has 0 spiro atoms. The van der Waals surface area contributed by atoms with Crippen LogP contribution in [-0.4, -0.2) is 12.5 Å². The van der Waals surface area contributed by atoms with Crippen LogP contribution >= 0.6 is 0 Å². The van der Waals surface area contributed by atoms with E-state index in [1.807, 2.05) is 12.1 Å². The molecule has 0 fully saturated rings. The molecule has 1 aliphatic heterocycles. The Hall–Kier alpha value is -2.43. The van der Waals surface area contributed by atoms with Crippen molar-refractivity contribution in [3.8, 4) is 0 Å². The van der Waals surface area contributed by atoms with Crippen molar-refractivity contribution in [2.45, 2.75) is 12.8 Å². The SMILES string of the molecule is O=C(Nc1ccc2c(c1)CCCN2)c1ccc(F)cc1F. The number of amides is 1. The first-order valence-corrected chi connectivity index (χ1v) is 6.77. The third kappa shape index (κ3) is 2.86. The minimum Gasteiger partial charge on any atom is -0.385 e. The average Bonchev–Trinajstić information content (AvgIpc) is 2.47. The number of fused-ring (bicyclic) bond motifs is 1. The van der Waals surface area contributed by atoms with Gasteiger partial charge in [0.15, 0.2) is 0 Å². The Morgan fingerprint density at radius 3 is 2.81 bits per heavy atom. The van der Waals surface area contributed by atoms with Gasteiger partial charge in [-0.25, -0.2) is 8.78 Å². The van der Waals surface area contributed by atoms with E-state index in [1.54, 1.807) is 6.07 Å². The van der Waals surface area contributed by atoms with Crippen LogP contribution in [0.2, 0.25) is 0 Å². The first-order chi connectivity index (χ1) is 10.1. The molecule has 0 radical (unpaired) electrons. The number of rotatable bonds is 2. The molecule has 3 nitrogen and oxygen atoms in total. The summed E-state index contributed by atoms with van der Waals surface area (Å²) in [6.45, 7) is 0.944. The van der Waals surface area contributed by atoms with E-state index in [1.165, 1.54) is 0 Å². The molecule has 0 aromatic heterocycles. The molecule has 0 aliphatic carbocycles. The van der Waals surface area contributed by atoms with E-state index >= 15 is 0 Å². The van der Waals surface area contributed by atoms with E-state index in [0.717, 1.165) is 42.8 Å². The molecule has 1 aliphatic rings. The molecule has 0 atom stereocenters. The van der Waals surface area contributed by atoms with Crippen molar-refractivity contribution in [3.05, 3.63) is 59.2 Å². The highest BCUT2D eigenvalue weighted by Crippen LogP contribution is 2.25. The second-order valence-corrected chi connectivity index (χ2v) is 4.98. The maximum atomic E-state index is 13.6. The predicted molar refractivity (Wildman–Crippen MR) is 77.6 cm³/mol. The predicted octanol–water partition coefficient (Wildman–Crippen LogP) is 3.58. The van der Waals surface area contributed by atoms with Gasteiger partial charge in [0, 0.05) is 24.0 Å². The van der Waals surface area contributed by atoms with Crippen molar-refractivity contribution < 1.29 is 13.6 Å². The number of carbonyl (C=O) groups is 1. The Morgan fingerprint density at radius 2 is 2.00 bits per heavy atom. The van der Waals surface area contributed by atoms with E-state index in [4.69, 9.17) is 0 Å². The van der Waals surface area contributed by atoms with Gasteiger partial charge >= 0.3 is 0 Å². The van der Waals surface area contributed by atoms with Gasteiger partial charge in [0.1, 0.15) is 11.6 Å². The van der Waals surface area contributed by atoms with E-state index in [9.17, 15) is 13.6 Å². The molecule has 1 amide bonds. The fraction of sp³-hybridized carbons (Fsp3) is 0.188. The first kappa shape index (κ1) is 13.5. The standard InChI is InChI=1S/C16H14F2N2O/c17-11-3-5-13(14(18)9-11)16(21)20-12-4-6-15-10(8-12)2-1-7-19-15/h3-6,8-9,19H,1-2,7H2,(H,20,21). The van der Waals surface area contributed by atoms with Crippen molar-refractivity contribution in [2.24, 2.45) is 0 Å². The normalized spacial score (nSPS) is 13.2. The molecule has 2 aromatic rings. The highest BCUT2D eigenvalue weighted by Gasteiger charge is 2.14. The number of halogens is 2. The lowest BCUT2D eigenvalue weighted by Gasteiger charge is -2.18. The fourth-order valence-electron chi connectivity index (χ4n) is 2.42. The quantitative estimate of drug-likeness (QED) is 0.887. The number of anilines is 2. The van der Waals surface area contributed by atoms with Gasteiger partial charge in [-0.1, -0.05) is 0 Å². The lowest BCUT2D eigenvalue weighted by Crippen LogP contribution is -2.15. The Morgan fingerprint density at radius 1 is 1.14 bits per heavy atom. The maximum Gasteiger partial charge on any atom is 0.258 e. The Balaban J connectivity index is 1.81. The number of nitrogens with one attached hydrogen (secondary N) is 2. The van der Waals surface area contributed by atoms with Crippen molar-refractivity contribution in [3.63, 3.8) is 0 Å². The van der Waals surface area contributed by atoms with Gasteiger partial charge in [-0.15, -0.1) is 0 Å². The van der Waals surface area contributed by atoms with Crippen LogP contribution < -0.4 is 10.6 Å². The van der Waals surface area contributed by atoms with Crippen LogP contribution in [0.15, 0.2) is 36.4 Å². The van der Waals surface area contributed by atoms with E-state index in [-0.39, 0.29) is 5.56 Å². The highest BCUT2D eigenvalue weighted by atomic mass is 19.1. The summed E-state index contributed by atoms with van der Waals surface area (Å²) in [4.78, 5) is 12.0. The monoisotopic (exact) mass is 288 g/mol. The van der Waals surface area contributed by atoms with Gasteiger partial charge in [0.2, 0.25) is 0 Å². The molecule has 3 rings (SSSR count). The molecule has 0 saturated heterocycles. The largest absolute Gasteiger partial charge is 0.385 e. The molecule has 2 N–H and O–H groups in total. The third-order valence-corrected chi connectivity index (χ3v) is 3.48. The van der Waals surface area contributed by atoms with Gasteiger partial charge in [-0.05, 0) is 48.7 Å². The molecule has 5 heteroatoms. The van der Waals surface area contributed by atoms with Crippen molar-refractivity contribution in [1.29, 1.82) is 0 Å². The minimum absolute atomic E-state index is 0.174. The van der Waals surface area contributed by atoms with Gasteiger partial charge in [-0.2, -0.15) is 0 Å². The Labute approximate surface area is 121 Å². The number of hydrogen-bond acceptors (Lipinski definition) is 2. The van der Waals surface area contributed by atoms with E-state index in [0.29, 0.717) is 11.8 Å². The van der Waals surface area contributed by atoms with Gasteiger partial charge < -0.3 is 10.6 Å². The van der Waals surface area contributed by atoms with Crippen molar-refractivity contribution in [1.82, 2.24) is 0 Å². The van der Waals surface area contributed by atoms with Crippen molar-refractivity contribution >= 4 is 17.3 Å². The molecule has 21 heavy (non-hydrogen) atoms. The summed E-state index contributed by atoms with van der Waals surface area (Å²) in [5, 5.41) is 5.92. The Kier molecular flexibility index (Phi) is 3.56. The summed E-state index contributed by atoms with van der Waals surface area (Å²) in [5.74, 6) is -2.16. The zero-order chi connectivity index (χ0) is 14.8. The highest BCUT2D eigenvalue weighted by molar-refractivity contribution is 6.04. The van der Waals surface area contributed by atoms with Crippen LogP contribution in [0.25, 0.3) is 0 Å². The van der Waals surface area contributed by atoms with E-state index in [2.05, 4.69) is 10.6 Å². The average molecular weight is 288 g/mol. The molecule has 108 valence electrons. The maximum absolute atomic E-state index is 13.6. The molecule has 0 unspecified atom stereocenters. The molecule has 0 bridgehead atoms. The zero-order valence-corrected chi connectivity index (χ0v) is 11.2. The van der Waals surface area contributed by atoms with Crippen LogP contribution in [0.1, 0.15) is 22.3 Å². The zero-order valence-electron chi connectivity index (χ0n) is 11.2. The fourth-order valence-corrected chi connectivity index (χ4v) is 2.42. The summed E-state index contributed by atoms with van der Waals surface area (Å²) in [6.07, 6.45) is 1.98. The molecular formula is C16H14F2N2O. The lowest BCUT2D eigenvalue weighted by atomic mass is 10.0. The summed E-state index contributed by atoms with van der Waals surface area (Å²) < 4.78 is 26.4. The Bertz CT molecular complexity index is 701. The first-order valence-electron chi connectivity index (χ1n) is 6.77. The molecule has 0 saturated carbocycles.